The van der Waals surface area contributed by atoms with Gasteiger partial charge in [-0.3, -0.25) is 19.0 Å². The molecule has 49 heavy (non-hydrogen) atoms. The number of benzene rings is 2. The first-order valence-electron chi connectivity index (χ1n) is 17.2. The Morgan fingerprint density at radius 3 is 2.84 bits per heavy atom. The van der Waals surface area contributed by atoms with E-state index >= 15 is 0 Å². The highest BCUT2D eigenvalue weighted by atomic mass is 35.5. The number of ether oxygens (including phenoxy) is 2. The van der Waals surface area contributed by atoms with Crippen molar-refractivity contribution in [3.63, 3.8) is 0 Å². The van der Waals surface area contributed by atoms with Crippen LogP contribution < -0.4 is 14.4 Å². The van der Waals surface area contributed by atoms with Crippen LogP contribution in [0, 0.1) is 11.8 Å². The summed E-state index contributed by atoms with van der Waals surface area (Å²) in [6, 6.07) is 13.3. The number of halogens is 1. The standard InChI is InChI=1S/C37H44ClN5O5S/c1-42-29(15-17-39-42)21-35(44)40-49(46)18-5-3-4-8-33(47-2)30-12-9-27(30)22-43-23-37(16-6-7-25-19-28(38)11-13-31(25)37)24-48-34-14-10-26(20-32(34)43)36(45)41-49/h4,8,10-11,13-15,17,19-20,27,30,33H,3,5-7,9,12,16,18,21-24H2,1-2H3,(H,40,41,44,45,46)/b8-4-/t27-,30+,33-,37-,49?/m0/s1. The number of aryl methyl sites for hydroxylation is 2. The van der Waals surface area contributed by atoms with Gasteiger partial charge in [0.1, 0.15) is 15.7 Å². The molecule has 3 aromatic rings. The van der Waals surface area contributed by atoms with Gasteiger partial charge in [0.2, 0.25) is 5.91 Å². The van der Waals surface area contributed by atoms with Gasteiger partial charge in [-0.25, -0.2) is 4.21 Å². The van der Waals surface area contributed by atoms with Crippen LogP contribution in [0.15, 0.2) is 65.2 Å². The highest BCUT2D eigenvalue weighted by molar-refractivity contribution is 7.92. The van der Waals surface area contributed by atoms with Crippen LogP contribution in [0.5, 0.6) is 5.75 Å². The third-order valence-corrected chi connectivity index (χ3v) is 12.9. The lowest BCUT2D eigenvalue weighted by Gasteiger charge is -2.46. The van der Waals surface area contributed by atoms with Gasteiger partial charge in [0.05, 0.1) is 30.6 Å². The predicted molar refractivity (Wildman–Crippen MR) is 190 cm³/mol. The van der Waals surface area contributed by atoms with Gasteiger partial charge in [-0.05, 0) is 104 Å². The van der Waals surface area contributed by atoms with Gasteiger partial charge in [0, 0.05) is 55.1 Å². The van der Waals surface area contributed by atoms with Crippen molar-refractivity contribution in [2.45, 2.75) is 62.9 Å². The number of hydrogen-bond acceptors (Lipinski definition) is 7. The summed E-state index contributed by atoms with van der Waals surface area (Å²) in [7, 11) is 0.0684. The molecule has 1 saturated carbocycles. The fourth-order valence-corrected chi connectivity index (χ4v) is 9.86. The summed E-state index contributed by atoms with van der Waals surface area (Å²) in [5.74, 6) is 0.387. The number of nitrogens with zero attached hydrogens (tertiary/aromatic N) is 4. The van der Waals surface area contributed by atoms with E-state index in [4.69, 9.17) is 21.1 Å². The van der Waals surface area contributed by atoms with Gasteiger partial charge in [-0.2, -0.15) is 5.10 Å². The molecule has 3 heterocycles. The lowest BCUT2D eigenvalue weighted by atomic mass is 9.68. The van der Waals surface area contributed by atoms with Crippen LogP contribution in [0.4, 0.5) is 5.69 Å². The molecule has 1 aromatic heterocycles. The maximum atomic E-state index is 14.2. The van der Waals surface area contributed by atoms with E-state index in [0.717, 1.165) is 55.9 Å². The molecule has 1 spiro atoms. The summed E-state index contributed by atoms with van der Waals surface area (Å²) < 4.78 is 35.3. The molecule has 2 aliphatic carbocycles. The summed E-state index contributed by atoms with van der Waals surface area (Å²) in [5.41, 5.74) is 4.09. The van der Waals surface area contributed by atoms with Gasteiger partial charge >= 0.3 is 0 Å². The van der Waals surface area contributed by atoms with Crippen molar-refractivity contribution >= 4 is 39.0 Å². The fourth-order valence-electron chi connectivity index (χ4n) is 8.07. The van der Waals surface area contributed by atoms with E-state index in [9.17, 15) is 13.8 Å². The van der Waals surface area contributed by atoms with Gasteiger partial charge < -0.3 is 14.4 Å². The molecule has 1 unspecified atom stereocenters. The maximum absolute atomic E-state index is 14.2. The number of amides is 2. The first kappa shape index (κ1) is 33.8. The normalized spacial score (nSPS) is 29.0. The Bertz CT molecular complexity index is 1900. The van der Waals surface area contributed by atoms with Crippen molar-refractivity contribution in [2.75, 3.05) is 37.5 Å². The van der Waals surface area contributed by atoms with Crippen LogP contribution in [0.2, 0.25) is 5.02 Å². The number of nitrogens with one attached hydrogen (secondary N) is 1. The van der Waals surface area contributed by atoms with Crippen molar-refractivity contribution < 1.29 is 23.3 Å². The minimum atomic E-state index is -3.43. The molecule has 7 rings (SSSR count). The van der Waals surface area contributed by atoms with Crippen LogP contribution in [-0.2, 0) is 44.8 Å². The third-order valence-electron chi connectivity index (χ3n) is 10.8. The predicted octanol–water partition coefficient (Wildman–Crippen LogP) is 5.82. The molecule has 0 saturated heterocycles. The number of fused-ring (bicyclic) bond motifs is 4. The summed E-state index contributed by atoms with van der Waals surface area (Å²) in [6.07, 6.45) is 12.0. The smallest absolute Gasteiger partial charge is 0.286 e. The third kappa shape index (κ3) is 7.03. The number of rotatable bonds is 4. The number of carbonyl (C=O) groups excluding carboxylic acids is 2. The van der Waals surface area contributed by atoms with E-state index < -0.39 is 21.7 Å². The first-order chi connectivity index (χ1) is 23.6. The molecule has 4 aliphatic rings. The molecule has 1 fully saturated rings. The quantitative estimate of drug-likeness (QED) is 0.340. The Labute approximate surface area is 293 Å². The highest BCUT2D eigenvalue weighted by Gasteiger charge is 2.44. The molecular formula is C37H44ClN5O5S. The molecule has 2 amide bonds. The zero-order chi connectivity index (χ0) is 34.2. The van der Waals surface area contributed by atoms with E-state index in [1.54, 1.807) is 37.2 Å². The average molecular weight is 706 g/mol. The molecular weight excluding hydrogens is 662 g/mol. The second-order valence-electron chi connectivity index (χ2n) is 13.9. The van der Waals surface area contributed by atoms with E-state index in [1.165, 1.54) is 11.1 Å². The number of methoxy groups -OCH3 is 1. The van der Waals surface area contributed by atoms with E-state index in [0.29, 0.717) is 48.3 Å². The Hall–Kier alpha value is -3.67. The number of anilines is 1. The zero-order valence-corrected chi connectivity index (χ0v) is 29.7. The van der Waals surface area contributed by atoms with E-state index in [-0.39, 0.29) is 23.7 Å². The number of allylic oxidation sites excluding steroid dienone is 1. The van der Waals surface area contributed by atoms with Crippen LogP contribution in [-0.4, -0.2) is 64.5 Å². The van der Waals surface area contributed by atoms with E-state index in [2.05, 4.69) is 43.4 Å². The minimum absolute atomic E-state index is 0.0304. The van der Waals surface area contributed by atoms with Crippen LogP contribution in [0.3, 0.4) is 0 Å². The largest absolute Gasteiger partial charge is 0.490 e. The highest BCUT2D eigenvalue weighted by Crippen LogP contribution is 2.47. The van der Waals surface area contributed by atoms with Crippen LogP contribution >= 0.6 is 11.6 Å². The SMILES string of the molecule is CO[C@H]1/C=C\CCCS(=O)(NC(=O)Cc2ccnn2C)=NC(=O)c2ccc3c(c2)N(C[C@@H]2CC[C@H]21)C[C@@]1(CCCc2cc(Cl)ccc21)CO3. The molecule has 2 aromatic carbocycles. The maximum Gasteiger partial charge on any atom is 0.286 e. The first-order valence-corrected chi connectivity index (χ1v) is 19.3. The lowest BCUT2D eigenvalue weighted by molar-refractivity contribution is -0.118. The summed E-state index contributed by atoms with van der Waals surface area (Å²) in [4.78, 5) is 29.3. The lowest BCUT2D eigenvalue weighted by Crippen LogP contribution is -2.49. The van der Waals surface area contributed by atoms with Crippen molar-refractivity contribution in [2.24, 2.45) is 23.2 Å². The molecule has 1 N–H and O–H groups in total. The molecule has 260 valence electrons. The van der Waals surface area contributed by atoms with Gasteiger partial charge in [0.15, 0.2) is 0 Å². The Morgan fingerprint density at radius 2 is 2.06 bits per heavy atom. The minimum Gasteiger partial charge on any atom is -0.490 e. The molecule has 0 radical (unpaired) electrons. The molecule has 2 aliphatic heterocycles. The van der Waals surface area contributed by atoms with E-state index in [1.807, 2.05) is 18.2 Å². The fraction of sp³-hybridized carbons (Fsp3) is 0.486. The van der Waals surface area contributed by atoms with Gasteiger partial charge in [-0.15, -0.1) is 4.36 Å². The van der Waals surface area contributed by atoms with Crippen LogP contribution in [0.1, 0.15) is 65.7 Å². The summed E-state index contributed by atoms with van der Waals surface area (Å²) in [6.45, 7) is 2.02. The Balaban J connectivity index is 1.27. The number of carbonyl (C=O) groups is 2. The van der Waals surface area contributed by atoms with Crippen LogP contribution in [0.25, 0.3) is 0 Å². The number of hydrogen-bond donors (Lipinski definition) is 1. The monoisotopic (exact) mass is 705 g/mol. The molecule has 10 nitrogen and oxygen atoms in total. The number of aromatic nitrogens is 2. The van der Waals surface area contributed by atoms with Crippen molar-refractivity contribution in [3.8, 4) is 5.75 Å². The molecule has 12 heteroatoms. The van der Waals surface area contributed by atoms with Crippen molar-refractivity contribution in [1.29, 1.82) is 0 Å². The topological polar surface area (TPSA) is 115 Å². The van der Waals surface area contributed by atoms with Crippen molar-refractivity contribution in [1.82, 2.24) is 14.5 Å². The Kier molecular flexibility index (Phi) is 9.60. The zero-order valence-electron chi connectivity index (χ0n) is 28.1. The molecule has 5 atom stereocenters. The Morgan fingerprint density at radius 1 is 1.18 bits per heavy atom. The molecule has 2 bridgehead atoms. The summed E-state index contributed by atoms with van der Waals surface area (Å²) >= 11 is 6.44. The van der Waals surface area contributed by atoms with Gasteiger partial charge in [-0.1, -0.05) is 29.8 Å². The second-order valence-corrected chi connectivity index (χ2v) is 16.5. The van der Waals surface area contributed by atoms with Gasteiger partial charge in [0.25, 0.3) is 5.91 Å². The average Bonchev–Trinajstić information content (AvgIpc) is 3.39. The van der Waals surface area contributed by atoms with Crippen molar-refractivity contribution in [3.05, 3.63) is 88.2 Å². The summed E-state index contributed by atoms with van der Waals surface area (Å²) in [5, 5.41) is 4.85. The second kappa shape index (κ2) is 13.9.